The standard InChI is InChI=1S/6C10H19.2Sn/c6*1-8(2)10-6-4-9(3)5-7-10;;/h6*6,8-10H,4-5,7H2,1-3H3;;. The van der Waals surface area contributed by atoms with Crippen LogP contribution >= 0.6 is 0 Å². The Kier molecular flexibility index (Phi) is 21.9. The average molecular weight is 1070 g/mol. The monoisotopic (exact) mass is 1070 g/mol. The van der Waals surface area contributed by atoms with Crippen molar-refractivity contribution in [3.8, 4) is 0 Å². The van der Waals surface area contributed by atoms with Gasteiger partial charge in [0, 0.05) is 0 Å². The molecule has 362 valence electrons. The Morgan fingerprint density at radius 2 is 0.355 bits per heavy atom. The zero-order chi connectivity index (χ0) is 45.7. The Bertz CT molecular complexity index is 1020. The second-order valence-electron chi connectivity index (χ2n) is 27.6. The molecule has 0 aromatic rings. The van der Waals surface area contributed by atoms with Gasteiger partial charge in [0.25, 0.3) is 0 Å². The fraction of sp³-hybridized carbons (Fsp3) is 1.00. The summed E-state index contributed by atoms with van der Waals surface area (Å²) in [5.74, 6) is 17.7. The van der Waals surface area contributed by atoms with E-state index in [1.165, 1.54) is 62.1 Å². The summed E-state index contributed by atoms with van der Waals surface area (Å²) in [4.78, 5) is 0. The Morgan fingerprint density at radius 1 is 0.226 bits per heavy atom. The maximum absolute atomic E-state index is 2.61. The molecule has 0 bridgehead atoms. The topological polar surface area (TPSA) is 0 Å². The van der Waals surface area contributed by atoms with Gasteiger partial charge in [0.05, 0.1) is 0 Å². The zero-order valence-electron chi connectivity index (χ0n) is 45.6. The van der Waals surface area contributed by atoms with Crippen molar-refractivity contribution < 1.29 is 0 Å². The third-order valence-electron chi connectivity index (χ3n) is 20.7. The van der Waals surface area contributed by atoms with E-state index in [1.807, 2.05) is 0 Å². The summed E-state index contributed by atoms with van der Waals surface area (Å²) in [6.45, 7) is 46.7. The first-order valence-electron chi connectivity index (χ1n) is 28.9. The van der Waals surface area contributed by atoms with Gasteiger partial charge in [0.15, 0.2) is 0 Å². The van der Waals surface area contributed by atoms with Crippen molar-refractivity contribution in [2.75, 3.05) is 0 Å². The van der Waals surface area contributed by atoms with Crippen molar-refractivity contribution in [1.29, 1.82) is 0 Å². The Morgan fingerprint density at radius 3 is 0.468 bits per heavy atom. The molecule has 0 saturated heterocycles. The van der Waals surface area contributed by atoms with Crippen LogP contribution in [0.25, 0.3) is 0 Å². The first-order chi connectivity index (χ1) is 29.2. The minimum atomic E-state index is -1.73. The number of hydrogen-bond donors (Lipinski definition) is 0. The number of hydrogen-bond acceptors (Lipinski definition) is 0. The van der Waals surface area contributed by atoms with Crippen LogP contribution in [0.3, 0.4) is 0 Å². The van der Waals surface area contributed by atoms with Crippen LogP contribution in [0, 0.1) is 107 Å². The molecule has 0 amide bonds. The van der Waals surface area contributed by atoms with Crippen molar-refractivity contribution in [2.24, 2.45) is 107 Å². The van der Waals surface area contributed by atoms with Gasteiger partial charge in [-0.15, -0.1) is 0 Å². The van der Waals surface area contributed by atoms with Gasteiger partial charge in [-0.1, -0.05) is 0 Å². The molecule has 2 heteroatoms. The van der Waals surface area contributed by atoms with Crippen LogP contribution in [0.1, 0.15) is 240 Å². The molecular weight excluding hydrogens is 958 g/mol. The van der Waals surface area contributed by atoms with E-state index in [1.54, 1.807) is 77.0 Å². The first-order valence-corrected chi connectivity index (χ1v) is 38.8. The summed E-state index contributed by atoms with van der Waals surface area (Å²) in [7, 11) is 0. The van der Waals surface area contributed by atoms with Crippen LogP contribution in [0.2, 0.25) is 23.6 Å². The van der Waals surface area contributed by atoms with Gasteiger partial charge in [-0.05, 0) is 0 Å². The molecule has 0 aromatic carbocycles. The van der Waals surface area contributed by atoms with Crippen LogP contribution in [0.5, 0.6) is 0 Å². The molecule has 18 unspecified atom stereocenters. The van der Waals surface area contributed by atoms with Gasteiger partial charge in [-0.3, -0.25) is 0 Å². The summed E-state index contributed by atoms with van der Waals surface area (Å²) in [6, 6.07) is 0. The maximum atomic E-state index is 2.61. The fourth-order valence-corrected chi connectivity index (χ4v) is 56.0. The molecule has 6 aliphatic carbocycles. The molecule has 62 heavy (non-hydrogen) atoms. The second kappa shape index (κ2) is 24.9. The second-order valence-corrected chi connectivity index (χ2v) is 46.0. The van der Waals surface area contributed by atoms with Gasteiger partial charge in [-0.25, -0.2) is 0 Å². The van der Waals surface area contributed by atoms with Crippen LogP contribution in [-0.2, 0) is 0 Å². The van der Waals surface area contributed by atoms with Crippen LogP contribution in [0.15, 0.2) is 0 Å². The summed E-state index contributed by atoms with van der Waals surface area (Å²) < 4.78 is 7.08. The SMILES string of the molecule is CC1CCC(C(C)C)[CH]([Sn]([CH]2CC(C)CCC2C(C)C)[CH]2CC(C)CCC2C(C)C)C1.CC1CCC(C(C)C)[CH]([Sn]([CH]2CC(C)CCC2C(C)C)[CH]2CC(C)CCC2C(C)C)C1. The molecular formula is C60H114Sn2. The Labute approximate surface area is 406 Å². The van der Waals surface area contributed by atoms with Gasteiger partial charge in [-0.2, -0.15) is 0 Å². The average Bonchev–Trinajstić information content (AvgIpc) is 3.18. The third-order valence-corrected chi connectivity index (χ3v) is 46.7. The van der Waals surface area contributed by atoms with Gasteiger partial charge < -0.3 is 0 Å². The summed E-state index contributed by atoms with van der Waals surface area (Å²) in [5.41, 5.74) is 0. The molecule has 6 fully saturated rings. The molecule has 0 heterocycles. The molecule has 18 atom stereocenters. The van der Waals surface area contributed by atoms with Gasteiger partial charge >= 0.3 is 410 Å². The zero-order valence-corrected chi connectivity index (χ0v) is 51.3. The normalized spacial score (nSPS) is 42.7. The van der Waals surface area contributed by atoms with E-state index in [0.29, 0.717) is 0 Å². The summed E-state index contributed by atoms with van der Waals surface area (Å²) in [6.07, 6.45) is 28.1. The van der Waals surface area contributed by atoms with Crippen molar-refractivity contribution in [1.82, 2.24) is 0 Å². The van der Waals surface area contributed by atoms with Crippen LogP contribution < -0.4 is 0 Å². The van der Waals surface area contributed by atoms with Crippen molar-refractivity contribution in [2.45, 2.75) is 264 Å². The van der Waals surface area contributed by atoms with E-state index in [0.717, 1.165) is 107 Å². The molecule has 2 radical (unpaired) electrons. The summed E-state index contributed by atoms with van der Waals surface area (Å²) >= 11 is -3.47. The molecule has 6 rings (SSSR count). The number of rotatable bonds is 12. The first kappa shape index (κ1) is 54.5. The minimum absolute atomic E-state index is 0.908. The Balaban J connectivity index is 0.000000234. The molecule has 0 aliphatic heterocycles. The van der Waals surface area contributed by atoms with Crippen molar-refractivity contribution >= 4 is 39.5 Å². The fourth-order valence-electron chi connectivity index (χ4n) is 17.2. The van der Waals surface area contributed by atoms with Crippen LogP contribution in [-0.4, -0.2) is 39.5 Å². The van der Waals surface area contributed by atoms with E-state index in [2.05, 4.69) is 125 Å². The van der Waals surface area contributed by atoms with Gasteiger partial charge in [0.2, 0.25) is 0 Å². The van der Waals surface area contributed by atoms with E-state index in [9.17, 15) is 0 Å². The molecule has 0 spiro atoms. The Hall–Kier alpha value is 1.60. The predicted octanol–water partition coefficient (Wildman–Crippen LogP) is 19.7. The quantitative estimate of drug-likeness (QED) is 0.171. The van der Waals surface area contributed by atoms with Crippen LogP contribution in [0.4, 0.5) is 0 Å². The summed E-state index contributed by atoms with van der Waals surface area (Å²) in [5, 5.41) is 0. The van der Waals surface area contributed by atoms with Gasteiger partial charge in [0.1, 0.15) is 0 Å². The van der Waals surface area contributed by atoms with Crippen molar-refractivity contribution in [3.05, 3.63) is 0 Å². The van der Waals surface area contributed by atoms with E-state index >= 15 is 0 Å². The molecule has 6 saturated carbocycles. The third kappa shape index (κ3) is 13.9. The molecule has 6 aliphatic rings. The molecule has 0 nitrogen and oxygen atoms in total. The molecule has 0 N–H and O–H groups in total. The predicted molar refractivity (Wildman–Crippen MR) is 282 cm³/mol. The van der Waals surface area contributed by atoms with E-state index in [4.69, 9.17) is 0 Å². The van der Waals surface area contributed by atoms with E-state index < -0.39 is 39.5 Å². The van der Waals surface area contributed by atoms with Crippen molar-refractivity contribution in [3.63, 3.8) is 0 Å². The van der Waals surface area contributed by atoms with E-state index in [-0.39, 0.29) is 0 Å². The molecule has 0 aromatic heterocycles.